The molecule has 4 saturated heterocycles. The lowest BCUT2D eigenvalue weighted by Gasteiger charge is -2.21. The van der Waals surface area contributed by atoms with Gasteiger partial charge in [-0.15, -0.1) is 0 Å². The average Bonchev–Trinajstić information content (AvgIpc) is 4.02. The van der Waals surface area contributed by atoms with Gasteiger partial charge in [-0.25, -0.2) is 28.7 Å². The third-order valence-electron chi connectivity index (χ3n) is 12.9. The van der Waals surface area contributed by atoms with E-state index in [1.165, 1.54) is 74.7 Å². The van der Waals surface area contributed by atoms with E-state index < -0.39 is 33.0 Å². The van der Waals surface area contributed by atoms with Crippen molar-refractivity contribution in [3.8, 4) is 5.75 Å². The molecule has 21 heteroatoms. The quantitative estimate of drug-likeness (QED) is 0.0867. The highest BCUT2D eigenvalue weighted by Gasteiger charge is 2.45. The molecule has 4 aromatic carbocycles. The summed E-state index contributed by atoms with van der Waals surface area (Å²) in [6.45, 7) is 0.827. The molecule has 0 aliphatic carbocycles. The van der Waals surface area contributed by atoms with Crippen molar-refractivity contribution in [2.24, 2.45) is 11.8 Å². The summed E-state index contributed by atoms with van der Waals surface area (Å²) in [5, 5.41) is 38.1. The topological polar surface area (TPSA) is 198 Å². The maximum absolute atomic E-state index is 13.6. The number of halogens is 5. The molecule has 4 aliphatic heterocycles. The number of nitrogens with zero attached hydrogens (tertiary/aromatic N) is 8. The first-order chi connectivity index (χ1) is 31.2. The van der Waals surface area contributed by atoms with Crippen molar-refractivity contribution in [1.29, 1.82) is 0 Å². The van der Waals surface area contributed by atoms with Crippen LogP contribution in [-0.2, 0) is 0 Å². The van der Waals surface area contributed by atoms with Gasteiger partial charge in [0.05, 0.1) is 48.3 Å². The van der Waals surface area contributed by atoms with Gasteiger partial charge < -0.3 is 30.3 Å². The Labute approximate surface area is 380 Å². The Morgan fingerprint density at radius 3 is 1.62 bits per heavy atom. The van der Waals surface area contributed by atoms with Crippen LogP contribution in [0.25, 0.3) is 21.8 Å². The van der Waals surface area contributed by atoms with E-state index in [-0.39, 0.29) is 38.2 Å². The maximum Gasteiger partial charge on any atom is 0.311 e. The first kappa shape index (κ1) is 45.6. The van der Waals surface area contributed by atoms with E-state index in [0.717, 1.165) is 37.1 Å². The van der Waals surface area contributed by atoms with E-state index in [0.29, 0.717) is 71.3 Å². The third kappa shape index (κ3) is 9.69. The van der Waals surface area contributed by atoms with Crippen LogP contribution in [0.5, 0.6) is 5.75 Å². The van der Waals surface area contributed by atoms with E-state index in [4.69, 9.17) is 33.0 Å². The molecule has 3 N–H and O–H groups in total. The molecule has 0 radical (unpaired) electrons. The molecule has 2 aromatic heterocycles. The van der Waals surface area contributed by atoms with Gasteiger partial charge in [0.25, 0.3) is 0 Å². The Morgan fingerprint density at radius 2 is 1.18 bits per heavy atom. The molecular weight excluding hydrogens is 892 g/mol. The molecule has 6 heterocycles. The van der Waals surface area contributed by atoms with Gasteiger partial charge in [0.2, 0.25) is 5.82 Å². The van der Waals surface area contributed by atoms with Crippen LogP contribution < -0.4 is 15.4 Å². The van der Waals surface area contributed by atoms with Crippen molar-refractivity contribution in [3.63, 3.8) is 0 Å². The number of nitro benzene ring substituents is 2. The summed E-state index contributed by atoms with van der Waals surface area (Å²) in [6, 6.07) is 15.6. The summed E-state index contributed by atoms with van der Waals surface area (Å²) >= 11 is 11.5. The Morgan fingerprint density at radius 1 is 0.692 bits per heavy atom. The van der Waals surface area contributed by atoms with E-state index in [1.54, 1.807) is 6.07 Å². The van der Waals surface area contributed by atoms with Crippen molar-refractivity contribution in [2.75, 3.05) is 37.9 Å². The fraction of sp³-hybridized carbons (Fsp3) is 0.364. The van der Waals surface area contributed by atoms with Crippen LogP contribution in [0, 0.1) is 49.5 Å². The number of aliphatic hydroxyl groups excluding tert-OH is 1. The summed E-state index contributed by atoms with van der Waals surface area (Å²) < 4.78 is 46.2. The van der Waals surface area contributed by atoms with Gasteiger partial charge >= 0.3 is 11.4 Å². The summed E-state index contributed by atoms with van der Waals surface area (Å²) in [7, 11) is 4.33. The number of hydrogen-bond donors (Lipinski definition) is 3. The van der Waals surface area contributed by atoms with Crippen molar-refractivity contribution in [1.82, 2.24) is 29.7 Å². The highest BCUT2D eigenvalue weighted by atomic mass is 35.5. The molecule has 6 aromatic rings. The number of aliphatic hydroxyl groups is 1. The normalized spacial score (nSPS) is 22.0. The number of ether oxygens (including phenoxy) is 1. The number of aromatic nitrogens is 4. The first-order valence-electron chi connectivity index (χ1n) is 20.8. The fourth-order valence-electron chi connectivity index (χ4n) is 9.53. The number of nitro groups is 2. The largest absolute Gasteiger partial charge is 0.486 e. The number of hydrogen-bond acceptors (Lipinski definition) is 14. The lowest BCUT2D eigenvalue weighted by molar-refractivity contribution is -0.387. The van der Waals surface area contributed by atoms with Crippen LogP contribution in [0.4, 0.5) is 47.6 Å². The molecule has 4 fully saturated rings. The van der Waals surface area contributed by atoms with Crippen LogP contribution in [-0.4, -0.2) is 96.2 Å². The lowest BCUT2D eigenvalue weighted by atomic mass is 9.90. The molecule has 65 heavy (non-hydrogen) atoms. The Bertz CT molecular complexity index is 2780. The first-order valence-corrected chi connectivity index (χ1v) is 21.6. The molecule has 16 nitrogen and oxygen atoms in total. The minimum Gasteiger partial charge on any atom is -0.486 e. The second kappa shape index (κ2) is 19.2. The number of benzene rings is 4. The van der Waals surface area contributed by atoms with Crippen molar-refractivity contribution in [3.05, 3.63) is 121 Å². The third-order valence-corrected chi connectivity index (χ3v) is 13.5. The van der Waals surface area contributed by atoms with Gasteiger partial charge in [-0.2, -0.15) is 4.39 Å². The number of fused-ring (bicyclic) bond motifs is 6. The average molecular weight is 936 g/mol. The summed E-state index contributed by atoms with van der Waals surface area (Å²) in [5.74, 6) is -0.405. The zero-order valence-corrected chi connectivity index (χ0v) is 36.5. The molecular formula is C44H43Cl2F3N10O6. The van der Waals surface area contributed by atoms with Gasteiger partial charge in [0.1, 0.15) is 35.9 Å². The second-order valence-electron chi connectivity index (χ2n) is 16.5. The Kier molecular flexibility index (Phi) is 13.5. The van der Waals surface area contributed by atoms with Gasteiger partial charge in [0.15, 0.2) is 5.75 Å². The zero-order chi connectivity index (χ0) is 46.1. The highest BCUT2D eigenvalue weighted by molar-refractivity contribution is 6.31. The molecule has 340 valence electrons. The van der Waals surface area contributed by atoms with E-state index >= 15 is 0 Å². The standard InChI is InChI=1S/C22H21ClFN5O3.C14H7ClF2N4O2.C8H15NO/c1-28-14-3-5-19(28)12(6-14)10-32-21-9-18-15(8-20(21)29(30)31)22(26-11-25-18)27-13-2-4-17(24)16(23)7-13;15-9-3-7(1-2-10(9)16)20-14-8-4-13(21(22)23)11(17)5-12(8)18-6-19-14;1-9-7-2-3-8(9)6(4-7)5-10/h2,4,7-9,11-12,14,19H,3,5-6,10H2,1H3,(H,25,26,27);1-6H,(H,18,19,20);6-8,10H,2-5H2,1H3. The van der Waals surface area contributed by atoms with Crippen LogP contribution in [0.15, 0.2) is 73.3 Å². The summed E-state index contributed by atoms with van der Waals surface area (Å²) in [4.78, 5) is 42.5. The second-order valence-corrected chi connectivity index (χ2v) is 17.4. The van der Waals surface area contributed by atoms with E-state index in [9.17, 15) is 33.4 Å². The van der Waals surface area contributed by atoms with Crippen LogP contribution in [0.1, 0.15) is 38.5 Å². The van der Waals surface area contributed by atoms with E-state index in [2.05, 4.69) is 54.5 Å². The zero-order valence-electron chi connectivity index (χ0n) is 35.0. The number of anilines is 4. The van der Waals surface area contributed by atoms with E-state index in [1.807, 2.05) is 0 Å². The molecule has 6 atom stereocenters. The Hall–Kier alpha value is -5.99. The van der Waals surface area contributed by atoms with Crippen LogP contribution >= 0.6 is 23.2 Å². The molecule has 10 rings (SSSR count). The van der Waals surface area contributed by atoms with Gasteiger partial charge in [-0.3, -0.25) is 20.2 Å². The maximum atomic E-state index is 13.6. The summed E-state index contributed by atoms with van der Waals surface area (Å²) in [6.07, 6.45) is 9.85. The molecule has 4 aliphatic rings. The molecule has 0 saturated carbocycles. The van der Waals surface area contributed by atoms with Crippen molar-refractivity contribution < 1.29 is 32.9 Å². The van der Waals surface area contributed by atoms with Gasteiger partial charge in [-0.1, -0.05) is 23.2 Å². The monoisotopic (exact) mass is 934 g/mol. The van der Waals surface area contributed by atoms with Crippen molar-refractivity contribution >= 4 is 79.4 Å². The molecule has 0 spiro atoms. The fourth-order valence-corrected chi connectivity index (χ4v) is 9.89. The lowest BCUT2D eigenvalue weighted by Crippen LogP contribution is -2.28. The molecule has 0 amide bonds. The minimum atomic E-state index is -0.989. The molecule has 4 bridgehead atoms. The number of rotatable bonds is 10. The Balaban J connectivity index is 0.000000151. The van der Waals surface area contributed by atoms with Crippen LogP contribution in [0.3, 0.4) is 0 Å². The minimum absolute atomic E-state index is 0.0405. The summed E-state index contributed by atoms with van der Waals surface area (Å²) in [5.41, 5.74) is 0.778. The van der Waals surface area contributed by atoms with Crippen molar-refractivity contribution in [2.45, 2.75) is 62.7 Å². The van der Waals surface area contributed by atoms with Gasteiger partial charge in [0, 0.05) is 72.3 Å². The predicted octanol–water partition coefficient (Wildman–Crippen LogP) is 9.61. The predicted molar refractivity (Wildman–Crippen MR) is 240 cm³/mol. The highest BCUT2D eigenvalue weighted by Crippen LogP contribution is 2.42. The van der Waals surface area contributed by atoms with Gasteiger partial charge in [-0.05, 0) is 94.9 Å². The van der Waals surface area contributed by atoms with Crippen LogP contribution in [0.2, 0.25) is 10.0 Å². The SMILES string of the molecule is CN1C2CCC1C(CO)C2.CN1C2CCC1C(COc1cc3ncnc(Nc4ccc(F)c(Cl)c4)c3cc1[N+](=O)[O-])C2.O=[N+]([O-])c1cc2c(Nc3ccc(F)c(Cl)c3)ncnc2cc1F. The number of nitrogens with one attached hydrogen (secondary N) is 2. The molecule has 6 unspecified atom stereocenters. The smallest absolute Gasteiger partial charge is 0.311 e.